The second-order valence-electron chi connectivity index (χ2n) is 7.07. The number of hydrogen-bond donors (Lipinski definition) is 1. The van der Waals surface area contributed by atoms with Crippen molar-refractivity contribution in [1.82, 2.24) is 19.7 Å². The Morgan fingerprint density at radius 1 is 1.11 bits per heavy atom. The second-order valence-corrected chi connectivity index (χ2v) is 7.07. The molecule has 0 amide bonds. The summed E-state index contributed by atoms with van der Waals surface area (Å²) in [5.41, 5.74) is 6.84. The van der Waals surface area contributed by atoms with E-state index in [2.05, 4.69) is 15.1 Å². The number of aromatic nitrogens is 4. The van der Waals surface area contributed by atoms with E-state index in [-0.39, 0.29) is 11.7 Å². The Morgan fingerprint density at radius 3 is 2.61 bits per heavy atom. The molecular formula is C20H21F2N5O. The Labute approximate surface area is 161 Å². The lowest BCUT2D eigenvalue weighted by Gasteiger charge is -2.26. The van der Waals surface area contributed by atoms with Crippen molar-refractivity contribution in [3.05, 3.63) is 54.8 Å². The third-order valence-electron chi connectivity index (χ3n) is 5.07. The fourth-order valence-corrected chi connectivity index (χ4v) is 3.48. The Kier molecular flexibility index (Phi) is 5.29. The van der Waals surface area contributed by atoms with Gasteiger partial charge in [-0.1, -0.05) is 6.07 Å². The van der Waals surface area contributed by atoms with Crippen LogP contribution in [0.1, 0.15) is 25.7 Å². The standard InChI is InChI=1S/C20H21F2N5O/c21-16-2-1-3-17(22)20(16)27-10-14(8-26-27)19-18(9-24-12-25-19)28-11-13-4-6-15(23)7-5-13/h1-3,8-10,12-13,15H,4-7,11,23H2/t13-,15+. The minimum atomic E-state index is -0.690. The number of halogens is 2. The topological polar surface area (TPSA) is 78.8 Å². The summed E-state index contributed by atoms with van der Waals surface area (Å²) in [5.74, 6) is -0.414. The van der Waals surface area contributed by atoms with Crippen LogP contribution in [0.3, 0.4) is 0 Å². The van der Waals surface area contributed by atoms with Gasteiger partial charge in [-0.3, -0.25) is 0 Å². The van der Waals surface area contributed by atoms with Crippen LogP contribution < -0.4 is 10.5 Å². The van der Waals surface area contributed by atoms with Crippen molar-refractivity contribution in [3.8, 4) is 22.7 Å². The molecular weight excluding hydrogens is 364 g/mol. The molecule has 6 nitrogen and oxygen atoms in total. The first-order chi connectivity index (χ1) is 13.6. The maximum Gasteiger partial charge on any atom is 0.163 e. The van der Waals surface area contributed by atoms with Crippen molar-refractivity contribution in [2.75, 3.05) is 6.61 Å². The molecule has 146 valence electrons. The summed E-state index contributed by atoms with van der Waals surface area (Å²) in [4.78, 5) is 8.32. The second kappa shape index (κ2) is 8.02. The lowest BCUT2D eigenvalue weighted by Crippen LogP contribution is -2.28. The third-order valence-corrected chi connectivity index (χ3v) is 5.07. The highest BCUT2D eigenvalue weighted by molar-refractivity contribution is 5.64. The molecule has 28 heavy (non-hydrogen) atoms. The van der Waals surface area contributed by atoms with Gasteiger partial charge in [-0.25, -0.2) is 23.4 Å². The molecule has 3 aromatic rings. The van der Waals surface area contributed by atoms with Gasteiger partial charge >= 0.3 is 0 Å². The zero-order valence-electron chi connectivity index (χ0n) is 15.3. The molecule has 2 aromatic heterocycles. The molecule has 0 bridgehead atoms. The molecule has 0 unspecified atom stereocenters. The van der Waals surface area contributed by atoms with Gasteiger partial charge in [0.2, 0.25) is 0 Å². The SMILES string of the molecule is N[C@H]1CC[C@@H](COc2cncnc2-c2cnn(-c3c(F)cccc3F)c2)CC1. The third kappa shape index (κ3) is 3.87. The molecule has 8 heteroatoms. The molecule has 2 heterocycles. The highest BCUT2D eigenvalue weighted by Gasteiger charge is 2.20. The lowest BCUT2D eigenvalue weighted by atomic mass is 9.87. The monoisotopic (exact) mass is 385 g/mol. The summed E-state index contributed by atoms with van der Waals surface area (Å²) in [6, 6.07) is 3.98. The average Bonchev–Trinajstić information content (AvgIpc) is 3.17. The van der Waals surface area contributed by atoms with E-state index >= 15 is 0 Å². The first-order valence-corrected chi connectivity index (χ1v) is 9.29. The molecule has 2 N–H and O–H groups in total. The van der Waals surface area contributed by atoms with Gasteiger partial charge in [0.25, 0.3) is 0 Å². The number of nitrogens with two attached hydrogens (primary N) is 1. The molecule has 1 aliphatic rings. The number of para-hydroxylation sites is 1. The minimum Gasteiger partial charge on any atom is -0.489 e. The lowest BCUT2D eigenvalue weighted by molar-refractivity contribution is 0.200. The zero-order valence-corrected chi connectivity index (χ0v) is 15.3. The van der Waals surface area contributed by atoms with E-state index in [0.717, 1.165) is 30.4 Å². The van der Waals surface area contributed by atoms with Crippen LogP contribution in [0.25, 0.3) is 16.9 Å². The van der Waals surface area contributed by atoms with E-state index in [1.54, 1.807) is 6.20 Å². The van der Waals surface area contributed by atoms with Crippen LogP contribution in [0.4, 0.5) is 8.78 Å². The normalized spacial score (nSPS) is 19.5. The maximum atomic E-state index is 14.0. The van der Waals surface area contributed by atoms with Crippen LogP contribution in [0.2, 0.25) is 0 Å². The summed E-state index contributed by atoms with van der Waals surface area (Å²) in [7, 11) is 0. The van der Waals surface area contributed by atoms with Crippen molar-refractivity contribution in [1.29, 1.82) is 0 Å². The van der Waals surface area contributed by atoms with Crippen molar-refractivity contribution >= 4 is 0 Å². The molecule has 0 spiro atoms. The fourth-order valence-electron chi connectivity index (χ4n) is 3.48. The van der Waals surface area contributed by atoms with E-state index in [0.29, 0.717) is 29.5 Å². The van der Waals surface area contributed by atoms with Crippen molar-refractivity contribution in [3.63, 3.8) is 0 Å². The first-order valence-electron chi connectivity index (χ1n) is 9.29. The van der Waals surface area contributed by atoms with Gasteiger partial charge in [0.15, 0.2) is 17.4 Å². The van der Waals surface area contributed by atoms with E-state index < -0.39 is 11.6 Å². The number of hydrogen-bond acceptors (Lipinski definition) is 5. The molecule has 0 radical (unpaired) electrons. The Hall–Kier alpha value is -2.87. The van der Waals surface area contributed by atoms with Gasteiger partial charge in [0, 0.05) is 17.8 Å². The molecule has 1 fully saturated rings. The van der Waals surface area contributed by atoms with Gasteiger partial charge in [-0.2, -0.15) is 5.10 Å². The van der Waals surface area contributed by atoms with Gasteiger partial charge in [-0.05, 0) is 43.7 Å². The quantitative estimate of drug-likeness (QED) is 0.727. The highest BCUT2D eigenvalue weighted by atomic mass is 19.1. The van der Waals surface area contributed by atoms with E-state index in [9.17, 15) is 8.78 Å². The van der Waals surface area contributed by atoms with Crippen LogP contribution in [0, 0.1) is 17.6 Å². The molecule has 4 rings (SSSR count). The number of ether oxygens (including phenoxy) is 1. The van der Waals surface area contributed by atoms with Gasteiger partial charge in [0.1, 0.15) is 17.7 Å². The van der Waals surface area contributed by atoms with Crippen molar-refractivity contribution in [2.24, 2.45) is 11.7 Å². The van der Waals surface area contributed by atoms with Crippen LogP contribution in [-0.4, -0.2) is 32.4 Å². The predicted octanol–water partition coefficient (Wildman–Crippen LogP) is 3.50. The number of nitrogens with zero attached hydrogens (tertiary/aromatic N) is 4. The van der Waals surface area contributed by atoms with Crippen LogP contribution in [0.15, 0.2) is 43.1 Å². The van der Waals surface area contributed by atoms with Crippen LogP contribution in [-0.2, 0) is 0 Å². The highest BCUT2D eigenvalue weighted by Crippen LogP contribution is 2.30. The summed E-state index contributed by atoms with van der Waals surface area (Å²) in [6.45, 7) is 0.559. The zero-order chi connectivity index (χ0) is 19.5. The Morgan fingerprint density at radius 2 is 1.86 bits per heavy atom. The largest absolute Gasteiger partial charge is 0.489 e. The summed E-state index contributed by atoms with van der Waals surface area (Å²) < 4.78 is 35.2. The number of benzene rings is 1. The molecule has 1 aliphatic carbocycles. The molecule has 0 aliphatic heterocycles. The van der Waals surface area contributed by atoms with Crippen LogP contribution in [0.5, 0.6) is 5.75 Å². The summed E-state index contributed by atoms with van der Waals surface area (Å²) in [6.07, 6.45) is 10.1. The van der Waals surface area contributed by atoms with E-state index in [1.807, 2.05) is 0 Å². The van der Waals surface area contributed by atoms with E-state index in [4.69, 9.17) is 10.5 Å². The van der Waals surface area contributed by atoms with Crippen molar-refractivity contribution in [2.45, 2.75) is 31.7 Å². The van der Waals surface area contributed by atoms with Gasteiger partial charge in [-0.15, -0.1) is 0 Å². The maximum absolute atomic E-state index is 14.0. The summed E-state index contributed by atoms with van der Waals surface area (Å²) in [5, 5.41) is 4.09. The Bertz CT molecular complexity index is 933. The Balaban J connectivity index is 1.55. The molecule has 1 aromatic carbocycles. The molecule has 0 atom stereocenters. The smallest absolute Gasteiger partial charge is 0.163 e. The van der Waals surface area contributed by atoms with Gasteiger partial charge in [0.05, 0.1) is 19.0 Å². The number of rotatable bonds is 5. The van der Waals surface area contributed by atoms with Gasteiger partial charge < -0.3 is 10.5 Å². The molecule has 1 saturated carbocycles. The predicted molar refractivity (Wildman–Crippen MR) is 99.9 cm³/mol. The van der Waals surface area contributed by atoms with Crippen LogP contribution >= 0.6 is 0 Å². The summed E-state index contributed by atoms with van der Waals surface area (Å²) >= 11 is 0. The average molecular weight is 385 g/mol. The first kappa shape index (κ1) is 18.5. The fraction of sp³-hybridized carbons (Fsp3) is 0.350. The minimum absolute atomic E-state index is 0.233. The van der Waals surface area contributed by atoms with Crippen molar-refractivity contribution < 1.29 is 13.5 Å². The molecule has 0 saturated heterocycles. The van der Waals surface area contributed by atoms with E-state index in [1.165, 1.54) is 36.9 Å².